The average Bonchev–Trinajstić information content (AvgIpc) is 2.99. The van der Waals surface area contributed by atoms with Crippen LogP contribution in [0.2, 0.25) is 0 Å². The largest absolute Gasteiger partial charge is 0.508 e. The van der Waals surface area contributed by atoms with Crippen molar-refractivity contribution >= 4 is 24.1 Å². The number of aromatic hydroxyl groups is 1. The van der Waals surface area contributed by atoms with Gasteiger partial charge in [-0.1, -0.05) is 54.6 Å². The van der Waals surface area contributed by atoms with Crippen LogP contribution in [-0.4, -0.2) is 59.6 Å². The molecule has 0 fully saturated rings. The molecule has 0 aliphatic heterocycles. The summed E-state index contributed by atoms with van der Waals surface area (Å²) in [5, 5.41) is 36.8. The standard InChI is InChI=1S/C29H29N5O7/c30-14-15-40-26-9-5-4-8-22(26)17-31-34-28(38)24(16-20-10-12-23(36)13-11-20)32-27(37)25(18-35)33-29(39)41-19-21-6-2-1-3-7-21/h1-13,17,24-25,35-36H,15-16,18-19H2,(H,32,37)(H,33,39)(H,34,38)/b31-17-/t24-,25-/m0/s1. The Labute approximate surface area is 236 Å². The highest BCUT2D eigenvalue weighted by Gasteiger charge is 2.27. The summed E-state index contributed by atoms with van der Waals surface area (Å²) in [7, 11) is 0. The van der Waals surface area contributed by atoms with E-state index in [1.165, 1.54) is 18.3 Å². The summed E-state index contributed by atoms with van der Waals surface area (Å²) in [5.41, 5.74) is 4.20. The van der Waals surface area contributed by atoms with Crippen molar-refractivity contribution in [2.45, 2.75) is 25.1 Å². The monoisotopic (exact) mass is 559 g/mol. The number of aliphatic hydroxyl groups excluding tert-OH is 1. The van der Waals surface area contributed by atoms with Gasteiger partial charge in [0.05, 0.1) is 12.8 Å². The molecule has 3 amide bonds. The lowest BCUT2D eigenvalue weighted by atomic mass is 10.0. The molecule has 5 N–H and O–H groups in total. The zero-order valence-electron chi connectivity index (χ0n) is 21.9. The Morgan fingerprint density at radius 1 is 0.902 bits per heavy atom. The summed E-state index contributed by atoms with van der Waals surface area (Å²) in [5.74, 6) is -1.11. The van der Waals surface area contributed by atoms with Crippen molar-refractivity contribution in [3.8, 4) is 17.6 Å². The molecule has 0 aromatic heterocycles. The van der Waals surface area contributed by atoms with E-state index in [1.54, 1.807) is 60.7 Å². The Morgan fingerprint density at radius 3 is 2.32 bits per heavy atom. The fourth-order valence-corrected chi connectivity index (χ4v) is 3.52. The summed E-state index contributed by atoms with van der Waals surface area (Å²) in [6.45, 7) is -0.962. The highest BCUT2D eigenvalue weighted by Crippen LogP contribution is 2.15. The lowest BCUT2D eigenvalue weighted by molar-refractivity contribution is -0.130. The van der Waals surface area contributed by atoms with Crippen LogP contribution in [0.15, 0.2) is 84.0 Å². The van der Waals surface area contributed by atoms with Gasteiger partial charge in [0.15, 0.2) is 6.61 Å². The molecule has 3 aromatic rings. The number of phenols is 1. The van der Waals surface area contributed by atoms with Crippen LogP contribution in [0, 0.1) is 11.3 Å². The smallest absolute Gasteiger partial charge is 0.408 e. The van der Waals surface area contributed by atoms with Crippen LogP contribution in [0.3, 0.4) is 0 Å². The molecular weight excluding hydrogens is 530 g/mol. The number of phenolic OH excluding ortho intramolecular Hbond substituents is 1. The molecule has 0 saturated heterocycles. The van der Waals surface area contributed by atoms with Crippen molar-refractivity contribution in [2.75, 3.05) is 13.2 Å². The van der Waals surface area contributed by atoms with Gasteiger partial charge in [0.2, 0.25) is 5.91 Å². The number of para-hydroxylation sites is 1. The molecule has 0 spiro atoms. The highest BCUT2D eigenvalue weighted by atomic mass is 16.5. The van der Waals surface area contributed by atoms with E-state index >= 15 is 0 Å². The third-order valence-corrected chi connectivity index (χ3v) is 5.60. The molecule has 0 heterocycles. The Morgan fingerprint density at radius 2 is 1.61 bits per heavy atom. The predicted octanol–water partition coefficient (Wildman–Crippen LogP) is 1.76. The van der Waals surface area contributed by atoms with Crippen molar-refractivity contribution in [3.05, 3.63) is 95.6 Å². The number of nitrogens with zero attached hydrogens (tertiary/aromatic N) is 2. The molecule has 0 radical (unpaired) electrons. The molecule has 12 nitrogen and oxygen atoms in total. The Kier molecular flexibility index (Phi) is 11.7. The second-order valence-corrected chi connectivity index (χ2v) is 8.59. The Bertz CT molecular complexity index is 1370. The van der Waals surface area contributed by atoms with Gasteiger partial charge in [-0.3, -0.25) is 9.59 Å². The summed E-state index contributed by atoms with van der Waals surface area (Å²) in [4.78, 5) is 38.2. The third-order valence-electron chi connectivity index (χ3n) is 5.60. The molecular formula is C29H29N5O7. The molecule has 0 saturated carbocycles. The van der Waals surface area contributed by atoms with Crippen LogP contribution >= 0.6 is 0 Å². The van der Waals surface area contributed by atoms with E-state index in [2.05, 4.69) is 21.2 Å². The van der Waals surface area contributed by atoms with Gasteiger partial charge in [-0.25, -0.2) is 10.2 Å². The fraction of sp³-hybridized carbons (Fsp3) is 0.207. The number of hydrogen-bond donors (Lipinski definition) is 5. The van der Waals surface area contributed by atoms with Crippen LogP contribution in [0.5, 0.6) is 11.5 Å². The SMILES string of the molecule is N#CCOc1ccccc1/C=N\NC(=O)[C@H](Cc1ccc(O)cc1)NC(=O)[C@H](CO)NC(=O)OCc1ccccc1. The van der Waals surface area contributed by atoms with Gasteiger partial charge in [-0.05, 0) is 35.4 Å². The number of hydrogen-bond acceptors (Lipinski definition) is 9. The van der Waals surface area contributed by atoms with Crippen molar-refractivity contribution < 1.29 is 34.1 Å². The number of benzene rings is 3. The number of nitrogens with one attached hydrogen (secondary N) is 3. The lowest BCUT2D eigenvalue weighted by Gasteiger charge is -2.21. The zero-order valence-corrected chi connectivity index (χ0v) is 21.9. The second kappa shape index (κ2) is 15.9. The normalized spacial score (nSPS) is 12.0. The molecule has 0 aliphatic carbocycles. The Hall–Kier alpha value is -5.41. The van der Waals surface area contributed by atoms with Crippen molar-refractivity contribution in [1.82, 2.24) is 16.1 Å². The molecule has 2 atom stereocenters. The number of carbonyl (C=O) groups is 3. The van der Waals surface area contributed by atoms with Crippen molar-refractivity contribution in [1.29, 1.82) is 5.26 Å². The minimum absolute atomic E-state index is 0.00580. The molecule has 3 rings (SSSR count). The van der Waals surface area contributed by atoms with E-state index in [0.29, 0.717) is 16.9 Å². The molecule has 41 heavy (non-hydrogen) atoms. The first-order valence-electron chi connectivity index (χ1n) is 12.5. The maximum Gasteiger partial charge on any atom is 0.408 e. The van der Waals surface area contributed by atoms with E-state index in [-0.39, 0.29) is 25.4 Å². The number of rotatable bonds is 13. The predicted molar refractivity (Wildman–Crippen MR) is 148 cm³/mol. The number of amides is 3. The number of aliphatic hydroxyl groups is 1. The van der Waals surface area contributed by atoms with Gasteiger partial charge in [0, 0.05) is 12.0 Å². The van der Waals surface area contributed by atoms with Crippen molar-refractivity contribution in [2.24, 2.45) is 5.10 Å². The Balaban J connectivity index is 1.67. The maximum atomic E-state index is 13.1. The van der Waals surface area contributed by atoms with E-state index < -0.39 is 36.6 Å². The van der Waals surface area contributed by atoms with Gasteiger partial charge in [0.25, 0.3) is 5.91 Å². The van der Waals surface area contributed by atoms with Crippen LogP contribution in [0.4, 0.5) is 4.79 Å². The van der Waals surface area contributed by atoms with Crippen LogP contribution < -0.4 is 20.8 Å². The van der Waals surface area contributed by atoms with E-state index in [4.69, 9.17) is 14.7 Å². The summed E-state index contributed by atoms with van der Waals surface area (Å²) >= 11 is 0. The molecule has 3 aromatic carbocycles. The number of carbonyl (C=O) groups excluding carboxylic acids is 3. The first-order valence-corrected chi connectivity index (χ1v) is 12.5. The zero-order chi connectivity index (χ0) is 29.5. The first-order chi connectivity index (χ1) is 19.9. The van der Waals surface area contributed by atoms with Crippen LogP contribution in [0.25, 0.3) is 0 Å². The van der Waals surface area contributed by atoms with Gasteiger partial charge in [-0.2, -0.15) is 10.4 Å². The van der Waals surface area contributed by atoms with E-state index in [0.717, 1.165) is 5.56 Å². The number of ether oxygens (including phenoxy) is 2. The quantitative estimate of drug-likeness (QED) is 0.155. The topological polar surface area (TPSA) is 182 Å². The van der Waals surface area contributed by atoms with Gasteiger partial charge in [-0.15, -0.1) is 0 Å². The maximum absolute atomic E-state index is 13.1. The van der Waals surface area contributed by atoms with Crippen LogP contribution in [0.1, 0.15) is 16.7 Å². The number of hydrazone groups is 1. The second-order valence-electron chi connectivity index (χ2n) is 8.59. The molecule has 0 bridgehead atoms. The minimum atomic E-state index is -1.40. The summed E-state index contributed by atoms with van der Waals surface area (Å²) in [6, 6.07) is 21.0. The minimum Gasteiger partial charge on any atom is -0.508 e. The molecule has 12 heteroatoms. The van der Waals surface area contributed by atoms with Gasteiger partial charge in [0.1, 0.15) is 36.3 Å². The van der Waals surface area contributed by atoms with E-state index in [1.807, 2.05) is 12.1 Å². The van der Waals surface area contributed by atoms with Gasteiger partial charge >= 0.3 is 6.09 Å². The third kappa shape index (κ3) is 10.0. The summed E-state index contributed by atoms with van der Waals surface area (Å²) in [6.07, 6.45) is 0.404. The van der Waals surface area contributed by atoms with Gasteiger partial charge < -0.3 is 30.3 Å². The molecule has 0 unspecified atom stereocenters. The summed E-state index contributed by atoms with van der Waals surface area (Å²) < 4.78 is 10.4. The van der Waals surface area contributed by atoms with Crippen molar-refractivity contribution in [3.63, 3.8) is 0 Å². The first kappa shape index (κ1) is 30.1. The average molecular weight is 560 g/mol. The molecule has 0 aliphatic rings. The molecule has 212 valence electrons. The van der Waals surface area contributed by atoms with E-state index in [9.17, 15) is 24.6 Å². The number of alkyl carbamates (subject to hydrolysis) is 1. The lowest BCUT2D eigenvalue weighted by Crippen LogP contribution is -2.55. The van der Waals surface area contributed by atoms with Crippen LogP contribution in [-0.2, 0) is 27.4 Å². The number of nitriles is 1. The fourth-order valence-electron chi connectivity index (χ4n) is 3.52. The highest BCUT2D eigenvalue weighted by molar-refractivity contribution is 5.92.